The average molecular weight is 388 g/mol. The summed E-state index contributed by atoms with van der Waals surface area (Å²) in [4.78, 5) is 28.4. The molecule has 1 saturated heterocycles. The van der Waals surface area contributed by atoms with E-state index in [2.05, 4.69) is 15.0 Å². The molecule has 148 valence electrons. The molecule has 4 rings (SSSR count). The third-order valence-corrected chi connectivity index (χ3v) is 5.04. The normalized spacial score (nSPS) is 16.0. The summed E-state index contributed by atoms with van der Waals surface area (Å²) in [6.07, 6.45) is 7.19. The second-order valence-electron chi connectivity index (χ2n) is 7.22. The van der Waals surface area contributed by atoms with Crippen LogP contribution < -0.4 is 0 Å². The van der Waals surface area contributed by atoms with Crippen molar-refractivity contribution in [3.05, 3.63) is 78.0 Å². The maximum Gasteiger partial charge on any atom is 0.258 e. The Bertz CT molecular complexity index is 957. The van der Waals surface area contributed by atoms with Crippen LogP contribution in [0.1, 0.15) is 34.6 Å². The van der Waals surface area contributed by atoms with E-state index in [-0.39, 0.29) is 12.0 Å². The molecule has 0 spiro atoms. The second-order valence-corrected chi connectivity index (χ2v) is 7.22. The van der Waals surface area contributed by atoms with Gasteiger partial charge in [-0.05, 0) is 37.5 Å². The molecule has 29 heavy (non-hydrogen) atoms. The van der Waals surface area contributed by atoms with Crippen molar-refractivity contribution in [2.24, 2.45) is 0 Å². The molecule has 6 heteroatoms. The molecule has 1 aliphatic rings. The first-order chi connectivity index (χ1) is 14.2. The number of amides is 1. The van der Waals surface area contributed by atoms with Crippen molar-refractivity contribution >= 4 is 5.91 Å². The number of aryl methyl sites for hydroxylation is 1. The number of pyridine rings is 1. The summed E-state index contributed by atoms with van der Waals surface area (Å²) in [6, 6.07) is 13.6. The van der Waals surface area contributed by atoms with Crippen molar-refractivity contribution < 1.29 is 9.53 Å². The van der Waals surface area contributed by atoms with Crippen LogP contribution in [0.4, 0.5) is 0 Å². The SMILES string of the molecule is Cc1ncc(C(=O)N(Cc2ccncc2)CC2CCCO2)c(-c2ccccc2)n1. The highest BCUT2D eigenvalue weighted by Crippen LogP contribution is 2.24. The number of carbonyl (C=O) groups excluding carboxylic acids is 1. The lowest BCUT2D eigenvalue weighted by atomic mass is 10.1. The Kier molecular flexibility index (Phi) is 5.91. The van der Waals surface area contributed by atoms with Gasteiger partial charge in [-0.25, -0.2) is 9.97 Å². The van der Waals surface area contributed by atoms with Crippen LogP contribution in [-0.2, 0) is 11.3 Å². The van der Waals surface area contributed by atoms with Gasteiger partial charge in [0.05, 0.1) is 17.4 Å². The molecule has 3 heterocycles. The zero-order valence-corrected chi connectivity index (χ0v) is 16.5. The summed E-state index contributed by atoms with van der Waals surface area (Å²) in [5, 5.41) is 0. The van der Waals surface area contributed by atoms with Gasteiger partial charge in [0.2, 0.25) is 0 Å². The molecule has 6 nitrogen and oxygen atoms in total. The van der Waals surface area contributed by atoms with Crippen LogP contribution in [-0.4, -0.2) is 45.0 Å². The Labute approximate surface area is 170 Å². The molecule has 3 aromatic rings. The van der Waals surface area contributed by atoms with Gasteiger partial charge in [0.1, 0.15) is 5.82 Å². The van der Waals surface area contributed by atoms with E-state index in [1.807, 2.05) is 54.3 Å². The van der Waals surface area contributed by atoms with Crippen LogP contribution in [0.2, 0.25) is 0 Å². The Morgan fingerprint density at radius 1 is 1.17 bits per heavy atom. The molecule has 2 aromatic heterocycles. The monoisotopic (exact) mass is 388 g/mol. The molecule has 0 aliphatic carbocycles. The fraction of sp³-hybridized carbons (Fsp3) is 0.304. The molecule has 0 saturated carbocycles. The first kappa shape index (κ1) is 19.2. The number of benzene rings is 1. The highest BCUT2D eigenvalue weighted by molar-refractivity contribution is 5.99. The third kappa shape index (κ3) is 4.66. The van der Waals surface area contributed by atoms with Crippen LogP contribution in [0.15, 0.2) is 61.1 Å². The smallest absolute Gasteiger partial charge is 0.258 e. The number of rotatable bonds is 6. The minimum Gasteiger partial charge on any atom is -0.376 e. The third-order valence-electron chi connectivity index (χ3n) is 5.04. The van der Waals surface area contributed by atoms with Crippen LogP contribution in [0.5, 0.6) is 0 Å². The fourth-order valence-corrected chi connectivity index (χ4v) is 3.57. The van der Waals surface area contributed by atoms with Crippen molar-refractivity contribution in [3.8, 4) is 11.3 Å². The summed E-state index contributed by atoms with van der Waals surface area (Å²) in [5.41, 5.74) is 3.10. The molecule has 1 aliphatic heterocycles. The summed E-state index contributed by atoms with van der Waals surface area (Å²) < 4.78 is 5.80. The van der Waals surface area contributed by atoms with Crippen LogP contribution in [0, 0.1) is 6.92 Å². The van der Waals surface area contributed by atoms with Gasteiger partial charge in [0, 0.05) is 43.9 Å². The lowest BCUT2D eigenvalue weighted by Crippen LogP contribution is -2.37. The first-order valence-corrected chi connectivity index (χ1v) is 9.89. The quantitative estimate of drug-likeness (QED) is 0.644. The van der Waals surface area contributed by atoms with E-state index < -0.39 is 0 Å². The van der Waals surface area contributed by atoms with Gasteiger partial charge in [0.15, 0.2) is 0 Å². The average Bonchev–Trinajstić information content (AvgIpc) is 3.27. The molecule has 1 fully saturated rings. The molecule has 1 amide bonds. The lowest BCUT2D eigenvalue weighted by molar-refractivity contribution is 0.0507. The minimum atomic E-state index is -0.0869. The largest absolute Gasteiger partial charge is 0.376 e. The number of carbonyl (C=O) groups is 1. The lowest BCUT2D eigenvalue weighted by Gasteiger charge is -2.26. The van der Waals surface area contributed by atoms with Gasteiger partial charge >= 0.3 is 0 Å². The number of nitrogens with zero attached hydrogens (tertiary/aromatic N) is 4. The fourth-order valence-electron chi connectivity index (χ4n) is 3.57. The minimum absolute atomic E-state index is 0.0623. The first-order valence-electron chi connectivity index (χ1n) is 9.89. The molecule has 0 radical (unpaired) electrons. The van der Waals surface area contributed by atoms with Crippen LogP contribution >= 0.6 is 0 Å². The summed E-state index contributed by atoms with van der Waals surface area (Å²) in [6.45, 7) is 3.62. The molecule has 0 bridgehead atoms. The molecule has 1 atom stereocenters. The Morgan fingerprint density at radius 3 is 2.69 bits per heavy atom. The van der Waals surface area contributed by atoms with Crippen molar-refractivity contribution in [3.63, 3.8) is 0 Å². The van der Waals surface area contributed by atoms with Gasteiger partial charge in [-0.2, -0.15) is 0 Å². The number of aromatic nitrogens is 3. The van der Waals surface area contributed by atoms with E-state index in [9.17, 15) is 4.79 Å². The summed E-state index contributed by atoms with van der Waals surface area (Å²) >= 11 is 0. The van der Waals surface area contributed by atoms with E-state index in [1.54, 1.807) is 18.6 Å². The van der Waals surface area contributed by atoms with E-state index in [4.69, 9.17) is 4.74 Å². The molecule has 0 N–H and O–H groups in total. The summed E-state index contributed by atoms with van der Waals surface area (Å²) in [5.74, 6) is 0.552. The van der Waals surface area contributed by atoms with E-state index in [0.29, 0.717) is 30.2 Å². The molecular formula is C23H24N4O2. The number of ether oxygens (including phenoxy) is 1. The highest BCUT2D eigenvalue weighted by atomic mass is 16.5. The van der Waals surface area contributed by atoms with E-state index in [1.165, 1.54) is 0 Å². The molecule has 1 aromatic carbocycles. The molecule has 1 unspecified atom stereocenters. The predicted octanol–water partition coefficient (Wildman–Crippen LogP) is 3.67. The zero-order valence-electron chi connectivity index (χ0n) is 16.5. The maximum atomic E-state index is 13.6. The molecular weight excluding hydrogens is 364 g/mol. The Balaban J connectivity index is 1.68. The number of hydrogen-bond donors (Lipinski definition) is 0. The van der Waals surface area contributed by atoms with E-state index in [0.717, 1.165) is 30.6 Å². The van der Waals surface area contributed by atoms with Crippen molar-refractivity contribution in [2.45, 2.75) is 32.4 Å². The van der Waals surface area contributed by atoms with Gasteiger partial charge in [-0.15, -0.1) is 0 Å². The second kappa shape index (κ2) is 8.92. The maximum absolute atomic E-state index is 13.6. The van der Waals surface area contributed by atoms with E-state index >= 15 is 0 Å². The predicted molar refractivity (Wildman–Crippen MR) is 110 cm³/mol. The summed E-state index contributed by atoms with van der Waals surface area (Å²) in [7, 11) is 0. The van der Waals surface area contributed by atoms with Gasteiger partial charge in [-0.3, -0.25) is 9.78 Å². The zero-order chi connectivity index (χ0) is 20.1. The standard InChI is InChI=1S/C23H24N4O2/c1-17-25-14-21(22(26-17)19-6-3-2-4-7-19)23(28)27(16-20-8-5-13-29-20)15-18-9-11-24-12-10-18/h2-4,6-7,9-12,14,20H,5,8,13,15-16H2,1H3. The van der Waals surface area contributed by atoms with Gasteiger partial charge in [0.25, 0.3) is 5.91 Å². The van der Waals surface area contributed by atoms with Gasteiger partial charge in [-0.1, -0.05) is 30.3 Å². The van der Waals surface area contributed by atoms with Crippen molar-refractivity contribution in [1.82, 2.24) is 19.9 Å². The van der Waals surface area contributed by atoms with Gasteiger partial charge < -0.3 is 9.64 Å². The van der Waals surface area contributed by atoms with Crippen molar-refractivity contribution in [2.75, 3.05) is 13.2 Å². The van der Waals surface area contributed by atoms with Crippen LogP contribution in [0.3, 0.4) is 0 Å². The van der Waals surface area contributed by atoms with Crippen molar-refractivity contribution in [1.29, 1.82) is 0 Å². The Morgan fingerprint density at radius 2 is 1.97 bits per heavy atom. The van der Waals surface area contributed by atoms with Crippen LogP contribution in [0.25, 0.3) is 11.3 Å². The highest BCUT2D eigenvalue weighted by Gasteiger charge is 2.26. The number of hydrogen-bond acceptors (Lipinski definition) is 5. The topological polar surface area (TPSA) is 68.2 Å². The Hall–Kier alpha value is -3.12.